The molecule has 1 heterocycles. The predicted octanol–water partition coefficient (Wildman–Crippen LogP) is 1.67. The van der Waals surface area contributed by atoms with Crippen molar-refractivity contribution in [2.45, 2.75) is 43.0 Å². The molecule has 10 heteroatoms. The van der Waals surface area contributed by atoms with Crippen LogP contribution in [-0.2, 0) is 23.5 Å². The summed E-state index contributed by atoms with van der Waals surface area (Å²) in [7, 11) is -1.82. The minimum absolute atomic E-state index is 0.0173. The lowest BCUT2D eigenvalue weighted by molar-refractivity contribution is 0.0953. The molecule has 2 aromatic rings. The van der Waals surface area contributed by atoms with Crippen molar-refractivity contribution in [3.05, 3.63) is 40.4 Å². The largest absolute Gasteiger partial charge is 0.352 e. The van der Waals surface area contributed by atoms with Crippen molar-refractivity contribution in [1.29, 1.82) is 0 Å². The number of hydrogen-bond donors (Lipinski definition) is 3. The predicted molar refractivity (Wildman–Crippen MR) is 103 cm³/mol. The number of hydrogen-bond acceptors (Lipinski definition) is 5. The summed E-state index contributed by atoms with van der Waals surface area (Å²) in [5, 5.41) is 9.56. The number of carbonyl (C=O) groups is 1. The van der Waals surface area contributed by atoms with Gasteiger partial charge in [0.2, 0.25) is 10.0 Å². The van der Waals surface area contributed by atoms with Crippen LogP contribution >= 0.6 is 12.2 Å². The lowest BCUT2D eigenvalue weighted by atomic mass is 10.2. The zero-order valence-corrected chi connectivity index (χ0v) is 16.7. The highest BCUT2D eigenvalue weighted by Gasteiger charge is 2.23. The van der Waals surface area contributed by atoms with Gasteiger partial charge >= 0.3 is 0 Å². The molecule has 0 radical (unpaired) electrons. The number of amides is 1. The van der Waals surface area contributed by atoms with Gasteiger partial charge in [-0.05, 0) is 43.3 Å². The third kappa shape index (κ3) is 4.82. The smallest absolute Gasteiger partial charge is 0.251 e. The molecule has 0 atom stereocenters. The average Bonchev–Trinajstić information content (AvgIpc) is 3.26. The van der Waals surface area contributed by atoms with Gasteiger partial charge in [-0.1, -0.05) is 18.9 Å². The number of benzene rings is 1. The third-order valence-corrected chi connectivity index (χ3v) is 6.57. The maximum Gasteiger partial charge on any atom is 0.251 e. The summed E-state index contributed by atoms with van der Waals surface area (Å²) in [6.45, 7) is 0.365. The fourth-order valence-corrected chi connectivity index (χ4v) is 4.63. The number of aromatic nitrogens is 3. The SMILES string of the molecule is Cn1c(CCNC(=O)c2cccc(S(=O)(=O)NC3CCCC3)c2)n[nH]c1=S. The Hall–Kier alpha value is -2.04. The Morgan fingerprint density at radius 2 is 2.11 bits per heavy atom. The van der Waals surface area contributed by atoms with Crippen LogP contribution in [0.25, 0.3) is 0 Å². The fourth-order valence-electron chi connectivity index (χ4n) is 3.13. The van der Waals surface area contributed by atoms with Gasteiger partial charge in [0.25, 0.3) is 5.91 Å². The van der Waals surface area contributed by atoms with Gasteiger partial charge in [-0.2, -0.15) is 5.10 Å². The minimum atomic E-state index is -3.63. The molecular formula is C17H23N5O3S2. The molecule has 0 aliphatic heterocycles. The van der Waals surface area contributed by atoms with Crippen LogP contribution in [0.15, 0.2) is 29.2 Å². The maximum atomic E-state index is 12.5. The zero-order valence-electron chi connectivity index (χ0n) is 15.1. The van der Waals surface area contributed by atoms with Crippen molar-refractivity contribution in [1.82, 2.24) is 24.8 Å². The molecule has 0 saturated heterocycles. The summed E-state index contributed by atoms with van der Waals surface area (Å²) in [6.07, 6.45) is 4.30. The van der Waals surface area contributed by atoms with Crippen LogP contribution < -0.4 is 10.0 Å². The van der Waals surface area contributed by atoms with Crippen LogP contribution in [0.3, 0.4) is 0 Å². The molecule has 0 spiro atoms. The quantitative estimate of drug-likeness (QED) is 0.603. The summed E-state index contributed by atoms with van der Waals surface area (Å²) in [5.41, 5.74) is 0.305. The lowest BCUT2D eigenvalue weighted by Gasteiger charge is -2.13. The first-order chi connectivity index (χ1) is 12.9. The van der Waals surface area contributed by atoms with E-state index in [9.17, 15) is 13.2 Å². The van der Waals surface area contributed by atoms with E-state index in [1.165, 1.54) is 12.1 Å². The molecule has 3 rings (SSSR count). The van der Waals surface area contributed by atoms with Gasteiger partial charge in [0.05, 0.1) is 4.90 Å². The second-order valence-corrected chi connectivity index (χ2v) is 8.74. The first-order valence-corrected chi connectivity index (χ1v) is 10.8. The number of H-pyrrole nitrogens is 1. The number of nitrogens with zero attached hydrogens (tertiary/aromatic N) is 2. The Labute approximate surface area is 163 Å². The van der Waals surface area contributed by atoms with Crippen LogP contribution in [0.5, 0.6) is 0 Å². The molecule has 1 saturated carbocycles. The van der Waals surface area contributed by atoms with Crippen molar-refractivity contribution < 1.29 is 13.2 Å². The molecule has 1 aromatic heterocycles. The highest BCUT2D eigenvalue weighted by Crippen LogP contribution is 2.20. The summed E-state index contributed by atoms with van der Waals surface area (Å²) >= 11 is 5.05. The molecule has 1 aromatic carbocycles. The van der Waals surface area contributed by atoms with Crippen molar-refractivity contribution in [2.75, 3.05) is 6.54 Å². The number of aromatic amines is 1. The van der Waals surface area contributed by atoms with Gasteiger partial charge in [-0.15, -0.1) is 0 Å². The molecule has 1 aliphatic rings. The topological polar surface area (TPSA) is 109 Å². The van der Waals surface area contributed by atoms with Crippen LogP contribution in [0.1, 0.15) is 41.9 Å². The highest BCUT2D eigenvalue weighted by molar-refractivity contribution is 7.89. The molecule has 146 valence electrons. The van der Waals surface area contributed by atoms with E-state index in [2.05, 4.69) is 20.2 Å². The normalized spacial score (nSPS) is 15.1. The van der Waals surface area contributed by atoms with Gasteiger partial charge in [-0.25, -0.2) is 13.1 Å². The molecule has 8 nitrogen and oxygen atoms in total. The Kier molecular flexibility index (Phi) is 6.08. The standard InChI is InChI=1S/C17H23N5O3S2/c1-22-15(19-20-17(22)26)9-10-18-16(23)12-5-4-8-14(11-12)27(24,25)21-13-6-2-3-7-13/h4-5,8,11,13,21H,2-3,6-7,9-10H2,1H3,(H,18,23)(H,20,26). The van der Waals surface area contributed by atoms with E-state index in [4.69, 9.17) is 12.2 Å². The van der Waals surface area contributed by atoms with Gasteiger partial charge in [-0.3, -0.25) is 9.89 Å². The highest BCUT2D eigenvalue weighted by atomic mass is 32.2. The molecular weight excluding hydrogens is 386 g/mol. The van der Waals surface area contributed by atoms with Crippen molar-refractivity contribution in [3.8, 4) is 0 Å². The van der Waals surface area contributed by atoms with Crippen LogP contribution in [-0.4, -0.2) is 41.7 Å². The number of nitrogens with one attached hydrogen (secondary N) is 3. The van der Waals surface area contributed by atoms with E-state index in [0.29, 0.717) is 23.3 Å². The van der Waals surface area contributed by atoms with Gasteiger partial charge in [0.15, 0.2) is 4.77 Å². The van der Waals surface area contributed by atoms with Gasteiger partial charge < -0.3 is 9.88 Å². The third-order valence-electron chi connectivity index (χ3n) is 4.69. The molecule has 1 amide bonds. The summed E-state index contributed by atoms with van der Waals surface area (Å²) in [4.78, 5) is 12.5. The van der Waals surface area contributed by atoms with Crippen LogP contribution in [0, 0.1) is 4.77 Å². The number of sulfonamides is 1. The van der Waals surface area contributed by atoms with Crippen molar-refractivity contribution >= 4 is 28.1 Å². The van der Waals surface area contributed by atoms with Crippen LogP contribution in [0.2, 0.25) is 0 Å². The van der Waals surface area contributed by atoms with Crippen molar-refractivity contribution in [2.24, 2.45) is 7.05 Å². The molecule has 1 fully saturated rings. The number of carbonyl (C=O) groups excluding carboxylic acids is 1. The minimum Gasteiger partial charge on any atom is -0.352 e. The first-order valence-electron chi connectivity index (χ1n) is 8.88. The second-order valence-electron chi connectivity index (χ2n) is 6.64. The summed E-state index contributed by atoms with van der Waals surface area (Å²) < 4.78 is 30.1. The van der Waals surface area contributed by atoms with E-state index >= 15 is 0 Å². The van der Waals surface area contributed by atoms with E-state index in [0.717, 1.165) is 31.5 Å². The molecule has 1 aliphatic carbocycles. The molecule has 0 unspecified atom stereocenters. The Bertz CT molecular complexity index is 974. The number of rotatable bonds is 7. The molecule has 0 bridgehead atoms. The molecule has 3 N–H and O–H groups in total. The second kappa shape index (κ2) is 8.32. The van der Waals surface area contributed by atoms with Crippen LogP contribution in [0.4, 0.5) is 0 Å². The van der Waals surface area contributed by atoms with E-state index in [1.54, 1.807) is 23.7 Å². The summed E-state index contributed by atoms with van der Waals surface area (Å²) in [6, 6.07) is 6.07. The fraction of sp³-hybridized carbons (Fsp3) is 0.471. The Morgan fingerprint density at radius 3 is 2.78 bits per heavy atom. The first kappa shape index (κ1) is 19.7. The Balaban J connectivity index is 1.62. The van der Waals surface area contributed by atoms with Gasteiger partial charge in [0, 0.05) is 31.6 Å². The van der Waals surface area contributed by atoms with E-state index in [1.807, 2.05) is 0 Å². The monoisotopic (exact) mass is 409 g/mol. The molecule has 27 heavy (non-hydrogen) atoms. The Morgan fingerprint density at radius 1 is 1.37 bits per heavy atom. The van der Waals surface area contributed by atoms with Crippen molar-refractivity contribution in [3.63, 3.8) is 0 Å². The lowest BCUT2D eigenvalue weighted by Crippen LogP contribution is -2.33. The van der Waals surface area contributed by atoms with E-state index in [-0.39, 0.29) is 16.8 Å². The van der Waals surface area contributed by atoms with Gasteiger partial charge in [0.1, 0.15) is 5.82 Å². The zero-order chi connectivity index (χ0) is 19.4. The summed E-state index contributed by atoms with van der Waals surface area (Å²) in [5.74, 6) is 0.405. The average molecular weight is 410 g/mol. The maximum absolute atomic E-state index is 12.5. The van der Waals surface area contributed by atoms with E-state index < -0.39 is 10.0 Å².